The van der Waals surface area contributed by atoms with Crippen LogP contribution in [0, 0.1) is 6.92 Å². The van der Waals surface area contributed by atoms with Crippen LogP contribution in [0.25, 0.3) is 11.5 Å². The molecule has 0 saturated carbocycles. The van der Waals surface area contributed by atoms with Gasteiger partial charge in [0, 0.05) is 0 Å². The van der Waals surface area contributed by atoms with Gasteiger partial charge in [-0.2, -0.15) is 8.75 Å². The Morgan fingerprint density at radius 2 is 2.38 bits per heavy atom. The molecule has 7 heteroatoms. The molecule has 2 rings (SSSR count). The van der Waals surface area contributed by atoms with Crippen LogP contribution in [-0.2, 0) is 4.74 Å². The number of rotatable bonds is 3. The maximum atomic E-state index is 11.5. The second-order valence-corrected chi connectivity index (χ2v) is 3.48. The zero-order chi connectivity index (χ0) is 11.5. The summed E-state index contributed by atoms with van der Waals surface area (Å²) >= 11 is 1.06. The average Bonchev–Trinajstić information content (AvgIpc) is 2.85. The summed E-state index contributed by atoms with van der Waals surface area (Å²) in [5.41, 5.74) is 1.37. The number of hydrogen-bond donors (Lipinski definition) is 0. The Morgan fingerprint density at radius 1 is 1.56 bits per heavy atom. The second-order valence-electron chi connectivity index (χ2n) is 2.95. The molecule has 0 fully saturated rings. The molecule has 0 saturated heterocycles. The molecular formula is C9H9N3O3S. The van der Waals surface area contributed by atoms with E-state index >= 15 is 0 Å². The molecule has 0 N–H and O–H groups in total. The second kappa shape index (κ2) is 4.40. The molecule has 2 aromatic rings. The lowest BCUT2D eigenvalue weighted by molar-refractivity contribution is 0.0520. The first-order valence-corrected chi connectivity index (χ1v) is 5.37. The largest absolute Gasteiger partial charge is 0.461 e. The lowest BCUT2D eigenvalue weighted by Gasteiger charge is -1.99. The van der Waals surface area contributed by atoms with Gasteiger partial charge in [0.15, 0.2) is 17.8 Å². The van der Waals surface area contributed by atoms with Crippen molar-refractivity contribution in [2.24, 2.45) is 0 Å². The van der Waals surface area contributed by atoms with Crippen molar-refractivity contribution in [3.05, 3.63) is 17.8 Å². The highest BCUT2D eigenvalue weighted by atomic mass is 32.1. The average molecular weight is 239 g/mol. The lowest BCUT2D eigenvalue weighted by Crippen LogP contribution is -2.06. The number of oxazole rings is 1. The van der Waals surface area contributed by atoms with E-state index in [1.807, 2.05) is 0 Å². The van der Waals surface area contributed by atoms with E-state index < -0.39 is 5.97 Å². The third-order valence-corrected chi connectivity index (χ3v) is 2.52. The van der Waals surface area contributed by atoms with Crippen molar-refractivity contribution < 1.29 is 13.9 Å². The molecule has 84 valence electrons. The molecule has 0 aliphatic carbocycles. The highest BCUT2D eigenvalue weighted by molar-refractivity contribution is 6.99. The van der Waals surface area contributed by atoms with Crippen LogP contribution >= 0.6 is 11.7 Å². The van der Waals surface area contributed by atoms with Gasteiger partial charge in [0.25, 0.3) is 0 Å². The fraction of sp³-hybridized carbons (Fsp3) is 0.333. The van der Waals surface area contributed by atoms with E-state index in [0.29, 0.717) is 23.8 Å². The maximum Gasteiger partial charge on any atom is 0.361 e. The van der Waals surface area contributed by atoms with Gasteiger partial charge in [-0.05, 0) is 13.8 Å². The molecule has 0 bridgehead atoms. The topological polar surface area (TPSA) is 78.1 Å². The molecule has 0 aliphatic heterocycles. The summed E-state index contributed by atoms with van der Waals surface area (Å²) in [5, 5.41) is 0. The summed E-state index contributed by atoms with van der Waals surface area (Å²) in [4.78, 5) is 15.4. The van der Waals surface area contributed by atoms with Crippen LogP contribution in [0.3, 0.4) is 0 Å². The summed E-state index contributed by atoms with van der Waals surface area (Å²) in [6.07, 6.45) is 1.19. The van der Waals surface area contributed by atoms with Crippen LogP contribution in [0.5, 0.6) is 0 Å². The molecule has 0 amide bonds. The van der Waals surface area contributed by atoms with E-state index in [4.69, 9.17) is 9.15 Å². The van der Waals surface area contributed by atoms with E-state index in [0.717, 1.165) is 11.7 Å². The molecule has 0 spiro atoms. The monoisotopic (exact) mass is 239 g/mol. The summed E-state index contributed by atoms with van der Waals surface area (Å²) < 4.78 is 18.1. The molecule has 16 heavy (non-hydrogen) atoms. The number of ether oxygens (including phenoxy) is 1. The molecule has 0 aliphatic rings. The van der Waals surface area contributed by atoms with E-state index in [1.165, 1.54) is 6.39 Å². The normalized spacial score (nSPS) is 10.4. The van der Waals surface area contributed by atoms with Gasteiger partial charge in [-0.25, -0.2) is 9.78 Å². The van der Waals surface area contributed by atoms with Gasteiger partial charge in [0.2, 0.25) is 0 Å². The molecule has 0 aromatic carbocycles. The van der Waals surface area contributed by atoms with Crippen molar-refractivity contribution in [2.75, 3.05) is 6.61 Å². The number of aryl methyl sites for hydroxylation is 1. The van der Waals surface area contributed by atoms with Gasteiger partial charge in [-0.1, -0.05) is 0 Å². The summed E-state index contributed by atoms with van der Waals surface area (Å²) in [5.74, 6) is -0.205. The molecule has 2 aromatic heterocycles. The lowest BCUT2D eigenvalue weighted by atomic mass is 10.2. The fourth-order valence-corrected chi connectivity index (χ4v) is 1.74. The number of hydrogen-bond acceptors (Lipinski definition) is 7. The van der Waals surface area contributed by atoms with E-state index in [9.17, 15) is 4.79 Å². The molecule has 6 nitrogen and oxygen atoms in total. The predicted molar refractivity (Wildman–Crippen MR) is 56.1 cm³/mol. The van der Waals surface area contributed by atoms with Crippen LogP contribution < -0.4 is 0 Å². The van der Waals surface area contributed by atoms with Crippen LogP contribution in [0.15, 0.2) is 10.8 Å². The van der Waals surface area contributed by atoms with Gasteiger partial charge >= 0.3 is 5.97 Å². The van der Waals surface area contributed by atoms with Gasteiger partial charge in [0.05, 0.1) is 24.0 Å². The Hall–Kier alpha value is -1.76. The van der Waals surface area contributed by atoms with Crippen LogP contribution in [-0.4, -0.2) is 26.3 Å². The molecule has 0 unspecified atom stereocenters. The van der Waals surface area contributed by atoms with Crippen LogP contribution in [0.1, 0.15) is 23.1 Å². The molecular weight excluding hydrogens is 230 g/mol. The van der Waals surface area contributed by atoms with Crippen LogP contribution in [0.4, 0.5) is 0 Å². The van der Waals surface area contributed by atoms with Crippen molar-refractivity contribution in [1.82, 2.24) is 13.7 Å². The van der Waals surface area contributed by atoms with Crippen LogP contribution in [0.2, 0.25) is 0 Å². The highest BCUT2D eigenvalue weighted by Crippen LogP contribution is 2.24. The Labute approximate surface area is 95.6 Å². The first kappa shape index (κ1) is 10.7. The third kappa shape index (κ3) is 1.81. The van der Waals surface area contributed by atoms with Crippen molar-refractivity contribution >= 4 is 17.7 Å². The standard InChI is InChI=1S/C9H9N3O3S/c1-3-14-9(13)7-8(15-4-10-7)6-5(2)11-16-12-6/h4H,3H2,1-2H3. The minimum atomic E-state index is -0.515. The summed E-state index contributed by atoms with van der Waals surface area (Å²) in [6.45, 7) is 3.81. The SMILES string of the molecule is CCOC(=O)c1ncoc1-c1nsnc1C. The molecule has 0 atom stereocenters. The quantitative estimate of drug-likeness (QED) is 0.758. The van der Waals surface area contributed by atoms with Crippen molar-refractivity contribution in [2.45, 2.75) is 13.8 Å². The smallest absolute Gasteiger partial charge is 0.361 e. The zero-order valence-corrected chi connectivity index (χ0v) is 9.58. The van der Waals surface area contributed by atoms with Crippen molar-refractivity contribution in [3.63, 3.8) is 0 Å². The van der Waals surface area contributed by atoms with Crippen molar-refractivity contribution in [3.8, 4) is 11.5 Å². The Bertz CT molecular complexity index is 506. The predicted octanol–water partition coefficient (Wildman–Crippen LogP) is 1.68. The van der Waals surface area contributed by atoms with Crippen molar-refractivity contribution in [1.29, 1.82) is 0 Å². The molecule has 0 radical (unpaired) electrons. The number of nitrogens with zero attached hydrogens (tertiary/aromatic N) is 3. The third-order valence-electron chi connectivity index (χ3n) is 1.90. The number of aromatic nitrogens is 3. The maximum absolute atomic E-state index is 11.5. The minimum absolute atomic E-state index is 0.137. The number of esters is 1. The van der Waals surface area contributed by atoms with E-state index in [-0.39, 0.29) is 5.69 Å². The van der Waals surface area contributed by atoms with Gasteiger partial charge < -0.3 is 9.15 Å². The number of carbonyl (C=O) groups is 1. The first-order chi connectivity index (χ1) is 7.74. The van der Waals surface area contributed by atoms with Gasteiger partial charge in [0.1, 0.15) is 5.69 Å². The first-order valence-electron chi connectivity index (χ1n) is 4.64. The Balaban J connectivity index is 2.40. The molecule has 2 heterocycles. The van der Waals surface area contributed by atoms with E-state index in [2.05, 4.69) is 13.7 Å². The zero-order valence-electron chi connectivity index (χ0n) is 8.76. The van der Waals surface area contributed by atoms with Gasteiger partial charge in [-0.15, -0.1) is 0 Å². The summed E-state index contributed by atoms with van der Waals surface area (Å²) in [6, 6.07) is 0. The van der Waals surface area contributed by atoms with E-state index in [1.54, 1.807) is 13.8 Å². The van der Waals surface area contributed by atoms with Gasteiger partial charge in [-0.3, -0.25) is 0 Å². The Morgan fingerprint density at radius 3 is 3.00 bits per heavy atom. The fourth-order valence-electron chi connectivity index (χ4n) is 1.20. The summed E-state index contributed by atoms with van der Waals surface area (Å²) in [7, 11) is 0. The minimum Gasteiger partial charge on any atom is -0.461 e. The Kier molecular flexibility index (Phi) is 2.95. The highest BCUT2D eigenvalue weighted by Gasteiger charge is 2.22. The number of carbonyl (C=O) groups excluding carboxylic acids is 1.